The van der Waals surface area contributed by atoms with E-state index in [0.717, 1.165) is 12.8 Å². The van der Waals surface area contributed by atoms with Crippen LogP contribution in [0.25, 0.3) is 0 Å². The smallest absolute Gasteiger partial charge is 0.233 e. The second-order valence-electron chi connectivity index (χ2n) is 6.27. The first-order valence-electron chi connectivity index (χ1n) is 8.88. The van der Waals surface area contributed by atoms with E-state index < -0.39 is 0 Å². The number of nitrogens with zero attached hydrogens (tertiary/aromatic N) is 3. The fourth-order valence-corrected chi connectivity index (χ4v) is 3.34. The minimum absolute atomic E-state index is 0.123. The van der Waals surface area contributed by atoms with Gasteiger partial charge in [0.15, 0.2) is 11.5 Å². The molecule has 1 aromatic heterocycles. The Balaban J connectivity index is 1.82. The summed E-state index contributed by atoms with van der Waals surface area (Å²) in [6.45, 7) is 0. The topological polar surface area (TPSA) is 90.4 Å². The predicted molar refractivity (Wildman–Crippen MR) is 105 cm³/mol. The van der Waals surface area contributed by atoms with Crippen LogP contribution in [0, 0.1) is 0 Å². The Bertz CT molecular complexity index is 759. The number of methoxy groups -OCH3 is 3. The lowest BCUT2D eigenvalue weighted by Gasteiger charge is -2.22. The van der Waals surface area contributed by atoms with Crippen LogP contribution >= 0.6 is 11.6 Å². The van der Waals surface area contributed by atoms with Crippen LogP contribution in [-0.2, 0) is 0 Å². The number of aromatic nitrogens is 3. The highest BCUT2D eigenvalue weighted by Crippen LogP contribution is 2.40. The quantitative estimate of drug-likeness (QED) is 0.728. The Morgan fingerprint density at radius 1 is 0.889 bits per heavy atom. The number of benzene rings is 1. The first kappa shape index (κ1) is 19.3. The van der Waals surface area contributed by atoms with Crippen molar-refractivity contribution in [2.24, 2.45) is 0 Å². The third-order valence-electron chi connectivity index (χ3n) is 4.47. The molecule has 0 saturated heterocycles. The second-order valence-corrected chi connectivity index (χ2v) is 6.61. The normalized spacial score (nSPS) is 14.5. The summed E-state index contributed by atoms with van der Waals surface area (Å²) >= 11 is 6.09. The molecule has 2 N–H and O–H groups in total. The van der Waals surface area contributed by atoms with E-state index in [1.165, 1.54) is 19.3 Å². The zero-order valence-electron chi connectivity index (χ0n) is 15.7. The van der Waals surface area contributed by atoms with Gasteiger partial charge in [0.05, 0.1) is 21.3 Å². The molecule has 0 radical (unpaired) electrons. The highest BCUT2D eigenvalue weighted by Gasteiger charge is 2.17. The lowest BCUT2D eigenvalue weighted by molar-refractivity contribution is 0.324. The first-order chi connectivity index (χ1) is 13.1. The van der Waals surface area contributed by atoms with Crippen molar-refractivity contribution in [2.45, 2.75) is 38.1 Å². The van der Waals surface area contributed by atoms with Gasteiger partial charge in [0.25, 0.3) is 0 Å². The molecule has 1 fully saturated rings. The molecule has 0 bridgehead atoms. The van der Waals surface area contributed by atoms with Crippen LogP contribution in [0.5, 0.6) is 17.2 Å². The zero-order chi connectivity index (χ0) is 19.2. The lowest BCUT2D eigenvalue weighted by atomic mass is 9.96. The van der Waals surface area contributed by atoms with Crippen LogP contribution < -0.4 is 24.8 Å². The fourth-order valence-electron chi connectivity index (χ4n) is 3.18. The summed E-state index contributed by atoms with van der Waals surface area (Å²) < 4.78 is 16.1. The van der Waals surface area contributed by atoms with Crippen molar-refractivity contribution in [2.75, 3.05) is 32.0 Å². The van der Waals surface area contributed by atoms with E-state index in [9.17, 15) is 0 Å². The van der Waals surface area contributed by atoms with Gasteiger partial charge in [-0.05, 0) is 24.4 Å². The van der Waals surface area contributed by atoms with Gasteiger partial charge in [0, 0.05) is 23.9 Å². The number of hydrogen-bond donors (Lipinski definition) is 2. The molecule has 0 unspecified atom stereocenters. The summed E-state index contributed by atoms with van der Waals surface area (Å²) in [6.07, 6.45) is 5.93. The third kappa shape index (κ3) is 4.82. The molecule has 1 heterocycles. The monoisotopic (exact) mass is 393 g/mol. The van der Waals surface area contributed by atoms with Crippen molar-refractivity contribution in [3.05, 3.63) is 17.4 Å². The molecular formula is C18H24ClN5O3. The standard InChI is InChI=1S/C18H24ClN5O3/c1-25-13-9-12(10-14(26-2)15(13)27-3)21-18-23-16(19)22-17(24-18)20-11-7-5-4-6-8-11/h9-11H,4-8H2,1-3H3,(H2,20,21,22,23,24). The van der Waals surface area contributed by atoms with Gasteiger partial charge in [-0.3, -0.25) is 0 Å². The zero-order valence-corrected chi connectivity index (χ0v) is 16.5. The van der Waals surface area contributed by atoms with E-state index in [1.807, 2.05) is 0 Å². The molecule has 3 rings (SSSR count). The van der Waals surface area contributed by atoms with Crippen LogP contribution in [0.1, 0.15) is 32.1 Å². The molecule has 27 heavy (non-hydrogen) atoms. The number of rotatable bonds is 7. The predicted octanol–water partition coefficient (Wildman–Crippen LogP) is 4.04. The van der Waals surface area contributed by atoms with Crippen LogP contribution in [0.3, 0.4) is 0 Å². The lowest BCUT2D eigenvalue weighted by Crippen LogP contribution is -2.23. The number of hydrogen-bond acceptors (Lipinski definition) is 8. The van der Waals surface area contributed by atoms with Gasteiger partial charge in [-0.2, -0.15) is 15.0 Å². The van der Waals surface area contributed by atoms with Crippen LogP contribution in [0.2, 0.25) is 5.28 Å². The SMILES string of the molecule is COc1cc(Nc2nc(Cl)nc(NC3CCCCC3)n2)cc(OC)c1OC. The van der Waals surface area contributed by atoms with Gasteiger partial charge in [-0.25, -0.2) is 0 Å². The average Bonchev–Trinajstić information content (AvgIpc) is 2.67. The fraction of sp³-hybridized carbons (Fsp3) is 0.500. The van der Waals surface area contributed by atoms with Crippen molar-refractivity contribution in [1.82, 2.24) is 15.0 Å². The van der Waals surface area contributed by atoms with Crippen molar-refractivity contribution in [3.8, 4) is 17.2 Å². The minimum Gasteiger partial charge on any atom is -0.493 e. The number of ether oxygens (including phenoxy) is 3. The van der Waals surface area contributed by atoms with Crippen LogP contribution in [-0.4, -0.2) is 42.3 Å². The van der Waals surface area contributed by atoms with Crippen molar-refractivity contribution < 1.29 is 14.2 Å². The van der Waals surface area contributed by atoms with Crippen molar-refractivity contribution in [3.63, 3.8) is 0 Å². The Labute approximate surface area is 163 Å². The molecule has 1 aromatic carbocycles. The molecule has 1 aliphatic carbocycles. The molecule has 2 aromatic rings. The summed E-state index contributed by atoms with van der Waals surface area (Å²) in [7, 11) is 4.68. The van der Waals surface area contributed by atoms with Gasteiger partial charge in [0.2, 0.25) is 22.9 Å². The molecule has 1 saturated carbocycles. The molecule has 0 atom stereocenters. The van der Waals surface area contributed by atoms with E-state index in [1.54, 1.807) is 33.5 Å². The Kier molecular flexibility index (Phi) is 6.39. The molecule has 146 valence electrons. The molecule has 1 aliphatic rings. The van der Waals surface area contributed by atoms with Gasteiger partial charge < -0.3 is 24.8 Å². The Hall–Kier alpha value is -2.48. The maximum absolute atomic E-state index is 6.09. The number of anilines is 3. The van der Waals surface area contributed by atoms with Crippen LogP contribution in [0.4, 0.5) is 17.6 Å². The van der Waals surface area contributed by atoms with Gasteiger partial charge in [-0.15, -0.1) is 0 Å². The van der Waals surface area contributed by atoms with Gasteiger partial charge in [0.1, 0.15) is 0 Å². The Morgan fingerprint density at radius 3 is 2.11 bits per heavy atom. The van der Waals surface area contributed by atoms with Gasteiger partial charge in [-0.1, -0.05) is 19.3 Å². The van der Waals surface area contributed by atoms with E-state index in [0.29, 0.717) is 40.9 Å². The maximum Gasteiger partial charge on any atom is 0.233 e. The highest BCUT2D eigenvalue weighted by atomic mass is 35.5. The summed E-state index contributed by atoms with van der Waals surface area (Å²) in [6, 6.07) is 3.91. The maximum atomic E-state index is 6.09. The summed E-state index contributed by atoms with van der Waals surface area (Å²) in [4.78, 5) is 12.8. The number of nitrogens with one attached hydrogen (secondary N) is 2. The van der Waals surface area contributed by atoms with Crippen molar-refractivity contribution in [1.29, 1.82) is 0 Å². The van der Waals surface area contributed by atoms with E-state index in [2.05, 4.69) is 25.6 Å². The average molecular weight is 394 g/mol. The number of halogens is 1. The minimum atomic E-state index is 0.123. The van der Waals surface area contributed by atoms with E-state index in [4.69, 9.17) is 25.8 Å². The van der Waals surface area contributed by atoms with E-state index in [-0.39, 0.29) is 5.28 Å². The first-order valence-corrected chi connectivity index (χ1v) is 9.26. The van der Waals surface area contributed by atoms with E-state index >= 15 is 0 Å². The van der Waals surface area contributed by atoms with Crippen LogP contribution in [0.15, 0.2) is 12.1 Å². The molecule has 0 aliphatic heterocycles. The molecule has 0 spiro atoms. The molecule has 8 nitrogen and oxygen atoms in total. The molecule has 9 heteroatoms. The third-order valence-corrected chi connectivity index (χ3v) is 4.64. The highest BCUT2D eigenvalue weighted by molar-refractivity contribution is 6.28. The summed E-state index contributed by atoms with van der Waals surface area (Å²) in [5.74, 6) is 2.37. The molecule has 0 amide bonds. The molecular weight excluding hydrogens is 370 g/mol. The second kappa shape index (κ2) is 8.94. The van der Waals surface area contributed by atoms with Crippen molar-refractivity contribution >= 4 is 29.2 Å². The summed E-state index contributed by atoms with van der Waals surface area (Å²) in [5.41, 5.74) is 0.676. The van der Waals surface area contributed by atoms with Gasteiger partial charge >= 0.3 is 0 Å². The Morgan fingerprint density at radius 2 is 1.52 bits per heavy atom. The summed E-state index contributed by atoms with van der Waals surface area (Å²) in [5, 5.41) is 6.60. The largest absolute Gasteiger partial charge is 0.493 e.